The van der Waals surface area contributed by atoms with Crippen LogP contribution in [0.3, 0.4) is 0 Å². The Morgan fingerprint density at radius 3 is 2.45 bits per heavy atom. The number of para-hydroxylation sites is 1. The van der Waals surface area contributed by atoms with Crippen molar-refractivity contribution in [2.24, 2.45) is 0 Å². The highest BCUT2D eigenvalue weighted by atomic mass is 16.6. The molecule has 0 spiro atoms. The van der Waals surface area contributed by atoms with E-state index in [0.717, 1.165) is 47.1 Å². The van der Waals surface area contributed by atoms with Crippen LogP contribution in [0.25, 0.3) is 5.57 Å². The molecule has 0 aromatic heterocycles. The second-order valence-corrected chi connectivity index (χ2v) is 11.1. The van der Waals surface area contributed by atoms with Crippen LogP contribution in [0.5, 0.6) is 11.5 Å². The van der Waals surface area contributed by atoms with Crippen molar-refractivity contribution in [2.45, 2.75) is 52.9 Å². The minimum absolute atomic E-state index is 0.259. The fraction of sp³-hybridized carbons (Fsp3) is 0.243. The molecule has 0 amide bonds. The summed E-state index contributed by atoms with van der Waals surface area (Å²) in [7, 11) is 0. The van der Waals surface area contributed by atoms with Gasteiger partial charge in [-0.05, 0) is 98.6 Å². The number of anilines is 1. The fourth-order valence-electron chi connectivity index (χ4n) is 6.35. The van der Waals surface area contributed by atoms with Crippen molar-refractivity contribution in [3.05, 3.63) is 142 Å². The van der Waals surface area contributed by atoms with Crippen molar-refractivity contribution >= 4 is 11.3 Å². The minimum Gasteiger partial charge on any atom is -0.452 e. The number of nitrogens with one attached hydrogen (secondary N) is 1. The molecule has 1 atom stereocenters. The van der Waals surface area contributed by atoms with Crippen molar-refractivity contribution in [3.8, 4) is 11.5 Å². The summed E-state index contributed by atoms with van der Waals surface area (Å²) in [4.78, 5) is 0. The number of aryl methyl sites for hydroxylation is 1. The maximum absolute atomic E-state index is 6.70. The molecule has 1 N–H and O–H groups in total. The summed E-state index contributed by atoms with van der Waals surface area (Å²) in [6.45, 7) is 11.7. The molecular weight excluding hydrogens is 490 g/mol. The molecule has 6 rings (SSSR count). The summed E-state index contributed by atoms with van der Waals surface area (Å²) in [6.07, 6.45) is 11.2. The van der Waals surface area contributed by atoms with E-state index in [2.05, 4.69) is 106 Å². The molecule has 0 saturated carbocycles. The molecule has 3 aromatic carbocycles. The van der Waals surface area contributed by atoms with Crippen LogP contribution in [0, 0.1) is 6.92 Å². The van der Waals surface area contributed by atoms with Crippen LogP contribution in [0.15, 0.2) is 119 Å². The average molecular weight is 528 g/mol. The molecule has 3 heteroatoms. The molecule has 0 radical (unpaired) electrons. The normalized spacial score (nSPS) is 20.0. The van der Waals surface area contributed by atoms with Gasteiger partial charge in [-0.25, -0.2) is 0 Å². The zero-order chi connectivity index (χ0) is 27.9. The molecule has 40 heavy (non-hydrogen) atoms. The Kier molecular flexibility index (Phi) is 6.75. The van der Waals surface area contributed by atoms with Gasteiger partial charge in [0, 0.05) is 17.5 Å². The van der Waals surface area contributed by atoms with Crippen molar-refractivity contribution in [2.75, 3.05) is 11.9 Å². The number of benzene rings is 3. The monoisotopic (exact) mass is 527 g/mol. The third kappa shape index (κ3) is 4.30. The van der Waals surface area contributed by atoms with Crippen LogP contribution < -0.4 is 14.8 Å². The molecule has 0 bridgehead atoms. The Balaban J connectivity index is 1.34. The first-order valence-electron chi connectivity index (χ1n) is 14.2. The van der Waals surface area contributed by atoms with E-state index >= 15 is 0 Å². The predicted molar refractivity (Wildman–Crippen MR) is 166 cm³/mol. The highest BCUT2D eigenvalue weighted by Crippen LogP contribution is 2.54. The van der Waals surface area contributed by atoms with E-state index in [0.29, 0.717) is 6.54 Å². The van der Waals surface area contributed by atoms with Crippen LogP contribution >= 0.6 is 0 Å². The van der Waals surface area contributed by atoms with Crippen molar-refractivity contribution < 1.29 is 9.47 Å². The molecule has 202 valence electrons. The number of hydrogen-bond acceptors (Lipinski definition) is 3. The van der Waals surface area contributed by atoms with Crippen molar-refractivity contribution in [3.63, 3.8) is 0 Å². The fourth-order valence-corrected chi connectivity index (χ4v) is 6.35. The van der Waals surface area contributed by atoms with E-state index in [4.69, 9.17) is 9.47 Å². The molecule has 0 saturated heterocycles. The van der Waals surface area contributed by atoms with E-state index in [1.54, 1.807) is 0 Å². The van der Waals surface area contributed by atoms with Crippen LogP contribution in [0.1, 0.15) is 62.8 Å². The summed E-state index contributed by atoms with van der Waals surface area (Å²) < 4.78 is 13.2. The molecule has 3 nitrogen and oxygen atoms in total. The van der Waals surface area contributed by atoms with Crippen molar-refractivity contribution in [1.82, 2.24) is 0 Å². The third-order valence-corrected chi connectivity index (χ3v) is 8.69. The summed E-state index contributed by atoms with van der Waals surface area (Å²) in [5, 5.41) is 3.55. The van der Waals surface area contributed by atoms with Gasteiger partial charge < -0.3 is 14.8 Å². The van der Waals surface area contributed by atoms with E-state index in [9.17, 15) is 0 Å². The van der Waals surface area contributed by atoms with Gasteiger partial charge in [0.15, 0.2) is 17.3 Å². The zero-order valence-electron chi connectivity index (χ0n) is 24.1. The predicted octanol–water partition coefficient (Wildman–Crippen LogP) is 9.43. The number of hydrogen-bond donors (Lipinski definition) is 1. The Bertz CT molecular complexity index is 1650. The van der Waals surface area contributed by atoms with Crippen LogP contribution in [-0.2, 0) is 5.41 Å². The summed E-state index contributed by atoms with van der Waals surface area (Å²) >= 11 is 0. The van der Waals surface area contributed by atoms with Gasteiger partial charge in [0.1, 0.15) is 5.76 Å². The van der Waals surface area contributed by atoms with E-state index in [1.807, 2.05) is 25.1 Å². The van der Waals surface area contributed by atoms with E-state index < -0.39 is 0 Å². The largest absolute Gasteiger partial charge is 0.452 e. The molecule has 1 heterocycles. The first-order valence-corrected chi connectivity index (χ1v) is 14.2. The topological polar surface area (TPSA) is 30.5 Å². The second-order valence-electron chi connectivity index (χ2n) is 11.1. The minimum atomic E-state index is -0.259. The molecule has 1 aliphatic heterocycles. The molecule has 0 fully saturated rings. The highest BCUT2D eigenvalue weighted by Gasteiger charge is 2.43. The molecule has 3 aromatic rings. The van der Waals surface area contributed by atoms with Crippen LogP contribution in [0.2, 0.25) is 0 Å². The lowest BCUT2D eigenvalue weighted by atomic mass is 9.72. The molecule has 1 unspecified atom stereocenters. The lowest BCUT2D eigenvalue weighted by Gasteiger charge is -2.31. The Morgan fingerprint density at radius 1 is 0.900 bits per heavy atom. The Labute approximate surface area is 238 Å². The quantitative estimate of drug-likeness (QED) is 0.346. The smallest absolute Gasteiger partial charge is 0.192 e. The van der Waals surface area contributed by atoms with Gasteiger partial charge >= 0.3 is 0 Å². The van der Waals surface area contributed by atoms with Crippen LogP contribution in [-0.4, -0.2) is 6.54 Å². The summed E-state index contributed by atoms with van der Waals surface area (Å²) in [5.74, 6) is 3.02. The van der Waals surface area contributed by atoms with Gasteiger partial charge in [0.25, 0.3) is 0 Å². The Hall–Kier alpha value is -4.24. The first-order chi connectivity index (χ1) is 19.4. The lowest BCUT2D eigenvalue weighted by molar-refractivity contribution is 0.310. The van der Waals surface area contributed by atoms with Gasteiger partial charge in [-0.15, -0.1) is 0 Å². The van der Waals surface area contributed by atoms with Gasteiger partial charge in [-0.2, -0.15) is 0 Å². The second kappa shape index (κ2) is 10.4. The number of ether oxygens (including phenoxy) is 2. The maximum atomic E-state index is 6.70. The van der Waals surface area contributed by atoms with Gasteiger partial charge in [0.2, 0.25) is 0 Å². The standard InChI is InChI=1S/C37H37NO2/c1-24(28-15-7-6-8-16-28)22-23-38-32-20-13-21-33-36(32)39-27(4)35(40-33)34-26(3)37(5,30-18-11-9-14-25(30)2)31-19-12-10-17-29(31)34/h7,9-22,38H,6,8,23H2,1-5H3/b24-22+. The van der Waals surface area contributed by atoms with E-state index in [1.165, 1.54) is 39.0 Å². The zero-order valence-corrected chi connectivity index (χ0v) is 24.1. The summed E-state index contributed by atoms with van der Waals surface area (Å²) in [6, 6.07) is 23.5. The van der Waals surface area contributed by atoms with Crippen LogP contribution in [0.4, 0.5) is 5.69 Å². The highest BCUT2D eigenvalue weighted by molar-refractivity contribution is 5.90. The molecular formula is C37H37NO2. The Morgan fingerprint density at radius 2 is 1.68 bits per heavy atom. The molecule has 3 aliphatic rings. The van der Waals surface area contributed by atoms with Gasteiger partial charge in [-0.1, -0.05) is 78.9 Å². The van der Waals surface area contributed by atoms with Gasteiger partial charge in [-0.3, -0.25) is 0 Å². The third-order valence-electron chi connectivity index (χ3n) is 8.69. The number of fused-ring (bicyclic) bond motifs is 2. The SMILES string of the molecule is CC1=C(C2=C(C)C(C)(c3ccccc3C)c3ccccc32)Oc2cccc(NC/C=C(\C)C3=CCCC=C3)c2O1. The molecule has 2 aliphatic carbocycles. The lowest BCUT2D eigenvalue weighted by Crippen LogP contribution is -2.24. The first kappa shape index (κ1) is 26.0. The average Bonchev–Trinajstić information content (AvgIpc) is 3.20. The summed E-state index contributed by atoms with van der Waals surface area (Å²) in [5.41, 5.74) is 10.8. The van der Waals surface area contributed by atoms with E-state index in [-0.39, 0.29) is 5.41 Å². The number of allylic oxidation sites excluding steroid dienone is 8. The number of rotatable bonds is 6. The van der Waals surface area contributed by atoms with Crippen molar-refractivity contribution in [1.29, 1.82) is 0 Å². The maximum Gasteiger partial charge on any atom is 0.192 e. The van der Waals surface area contributed by atoms with Gasteiger partial charge in [0.05, 0.1) is 5.69 Å².